The molecule has 3 aliphatic rings. The molecule has 0 N–H and O–H groups in total. The maximum absolute atomic E-state index is 13.1. The van der Waals surface area contributed by atoms with E-state index < -0.39 is 5.60 Å². The Bertz CT molecular complexity index is 945. The number of hydrogen-bond donors (Lipinski definition) is 0. The first-order valence-corrected chi connectivity index (χ1v) is 8.96. The molecule has 2 saturated heterocycles. The van der Waals surface area contributed by atoms with Gasteiger partial charge in [0.2, 0.25) is 5.88 Å². The van der Waals surface area contributed by atoms with E-state index in [-0.39, 0.29) is 30.0 Å². The number of amides is 1. The van der Waals surface area contributed by atoms with Crippen LogP contribution in [0.3, 0.4) is 0 Å². The summed E-state index contributed by atoms with van der Waals surface area (Å²) in [4.78, 5) is 22.9. The van der Waals surface area contributed by atoms with Gasteiger partial charge >= 0.3 is 0 Å². The predicted octanol–water partition coefficient (Wildman–Crippen LogP) is 1.08. The molecule has 5 rings (SSSR count). The zero-order chi connectivity index (χ0) is 18.6. The zero-order valence-electron chi connectivity index (χ0n) is 14.8. The van der Waals surface area contributed by atoms with E-state index in [1.807, 2.05) is 30.4 Å². The fourth-order valence-corrected chi connectivity index (χ4v) is 4.32. The van der Waals surface area contributed by atoms with E-state index in [1.54, 1.807) is 4.68 Å². The molecule has 9 nitrogen and oxygen atoms in total. The zero-order valence-corrected chi connectivity index (χ0v) is 14.8. The minimum absolute atomic E-state index is 0.0237. The molecule has 2 aromatic rings. The standard InChI is InChI=1S/C18H18N6O3/c1-23-9-11(8-22-23)14-2-3-16-24(14)17(25)18(27-16)5-13(6-18)26-15-4-12(7-19)20-10-21-15/h4,8-10,13-14,16H,2-3,5-6H2,1H3. The number of ether oxygens (including phenoxy) is 2. The number of nitrogens with zero attached hydrogens (tertiary/aromatic N) is 6. The SMILES string of the molecule is Cn1cc(C2CCC3OC4(CC(Oc5cc(C#N)ncn5)C4)C(=O)N32)cn1. The summed E-state index contributed by atoms with van der Waals surface area (Å²) in [5.41, 5.74) is 0.509. The highest BCUT2D eigenvalue weighted by Crippen LogP contribution is 2.51. The van der Waals surface area contributed by atoms with Crippen molar-refractivity contribution in [1.82, 2.24) is 24.6 Å². The number of hydrogen-bond acceptors (Lipinski definition) is 7. The van der Waals surface area contributed by atoms with Gasteiger partial charge in [0.25, 0.3) is 5.91 Å². The summed E-state index contributed by atoms with van der Waals surface area (Å²) >= 11 is 0. The van der Waals surface area contributed by atoms with Crippen LogP contribution in [0.2, 0.25) is 0 Å². The van der Waals surface area contributed by atoms with Gasteiger partial charge in [0.15, 0.2) is 5.60 Å². The Hall–Kier alpha value is -2.99. The van der Waals surface area contributed by atoms with Gasteiger partial charge in [-0.1, -0.05) is 0 Å². The maximum Gasteiger partial charge on any atom is 0.257 e. The average Bonchev–Trinajstić information content (AvgIpc) is 3.31. The largest absolute Gasteiger partial charge is 0.474 e. The number of aromatic nitrogens is 4. The molecule has 0 radical (unpaired) electrons. The Labute approximate surface area is 155 Å². The van der Waals surface area contributed by atoms with E-state index in [1.165, 1.54) is 12.4 Å². The topological polar surface area (TPSA) is 106 Å². The molecular weight excluding hydrogens is 348 g/mol. The van der Waals surface area contributed by atoms with Crippen LogP contribution in [-0.2, 0) is 16.6 Å². The van der Waals surface area contributed by atoms with Crippen molar-refractivity contribution in [2.24, 2.45) is 7.05 Å². The third-order valence-corrected chi connectivity index (χ3v) is 5.59. The van der Waals surface area contributed by atoms with E-state index in [4.69, 9.17) is 14.7 Å². The van der Waals surface area contributed by atoms with Crippen molar-refractivity contribution in [1.29, 1.82) is 5.26 Å². The van der Waals surface area contributed by atoms with E-state index in [0.29, 0.717) is 18.7 Å². The molecule has 2 aliphatic heterocycles. The highest BCUT2D eigenvalue weighted by Gasteiger charge is 2.63. The van der Waals surface area contributed by atoms with Crippen molar-refractivity contribution >= 4 is 5.91 Å². The first-order valence-electron chi connectivity index (χ1n) is 8.96. The molecule has 1 saturated carbocycles. The number of rotatable bonds is 3. The van der Waals surface area contributed by atoms with Crippen molar-refractivity contribution in [2.45, 2.75) is 49.7 Å². The Balaban J connectivity index is 1.28. The van der Waals surface area contributed by atoms with Crippen LogP contribution in [0.25, 0.3) is 0 Å². The molecule has 3 fully saturated rings. The highest BCUT2D eigenvalue weighted by atomic mass is 16.6. The minimum atomic E-state index is -0.790. The summed E-state index contributed by atoms with van der Waals surface area (Å²) in [6, 6.07) is 3.48. The van der Waals surface area contributed by atoms with E-state index in [9.17, 15) is 4.79 Å². The van der Waals surface area contributed by atoms with Gasteiger partial charge in [-0.25, -0.2) is 9.97 Å². The van der Waals surface area contributed by atoms with Gasteiger partial charge < -0.3 is 14.4 Å². The molecule has 0 aromatic carbocycles. The van der Waals surface area contributed by atoms with Crippen molar-refractivity contribution < 1.29 is 14.3 Å². The van der Waals surface area contributed by atoms with E-state index in [2.05, 4.69) is 15.1 Å². The van der Waals surface area contributed by atoms with Crippen molar-refractivity contribution in [3.63, 3.8) is 0 Å². The van der Waals surface area contributed by atoms with Gasteiger partial charge in [-0.3, -0.25) is 9.48 Å². The monoisotopic (exact) mass is 366 g/mol. The lowest BCUT2D eigenvalue weighted by Crippen LogP contribution is -2.56. The second-order valence-corrected chi connectivity index (χ2v) is 7.32. The Morgan fingerprint density at radius 1 is 1.37 bits per heavy atom. The molecule has 2 unspecified atom stereocenters. The molecule has 2 atom stereocenters. The summed E-state index contributed by atoms with van der Waals surface area (Å²) in [6.45, 7) is 0. The van der Waals surface area contributed by atoms with Crippen molar-refractivity contribution in [3.05, 3.63) is 36.0 Å². The number of carbonyl (C=O) groups excluding carboxylic acids is 1. The first kappa shape index (κ1) is 16.2. The molecule has 2 aromatic heterocycles. The molecule has 1 aliphatic carbocycles. The fraction of sp³-hybridized carbons (Fsp3) is 0.500. The summed E-state index contributed by atoms with van der Waals surface area (Å²) in [5.74, 6) is 0.389. The van der Waals surface area contributed by atoms with Gasteiger partial charge in [0.1, 0.15) is 30.4 Å². The van der Waals surface area contributed by atoms with Crippen LogP contribution in [0, 0.1) is 11.3 Å². The third-order valence-electron chi connectivity index (χ3n) is 5.59. The van der Waals surface area contributed by atoms with Gasteiger partial charge in [0, 0.05) is 37.7 Å². The Morgan fingerprint density at radius 3 is 2.96 bits per heavy atom. The molecule has 1 spiro atoms. The van der Waals surface area contributed by atoms with Crippen LogP contribution in [0.5, 0.6) is 5.88 Å². The molecular formula is C18H18N6O3. The van der Waals surface area contributed by atoms with Crippen LogP contribution >= 0.6 is 0 Å². The van der Waals surface area contributed by atoms with E-state index in [0.717, 1.165) is 18.4 Å². The fourth-order valence-electron chi connectivity index (χ4n) is 4.32. The number of carbonyl (C=O) groups is 1. The van der Waals surface area contributed by atoms with Crippen molar-refractivity contribution in [2.75, 3.05) is 0 Å². The second kappa shape index (κ2) is 5.76. The van der Waals surface area contributed by atoms with Gasteiger partial charge in [-0.15, -0.1) is 0 Å². The molecule has 0 bridgehead atoms. The quantitative estimate of drug-likeness (QED) is 0.800. The normalized spacial score (nSPS) is 31.6. The third kappa shape index (κ3) is 2.48. The lowest BCUT2D eigenvalue weighted by molar-refractivity contribution is -0.162. The van der Waals surface area contributed by atoms with E-state index >= 15 is 0 Å². The molecule has 27 heavy (non-hydrogen) atoms. The minimum Gasteiger partial charge on any atom is -0.474 e. The second-order valence-electron chi connectivity index (χ2n) is 7.32. The highest BCUT2D eigenvalue weighted by molar-refractivity contribution is 5.89. The summed E-state index contributed by atoms with van der Waals surface area (Å²) in [6.07, 6.45) is 7.44. The lowest BCUT2D eigenvalue weighted by atomic mass is 9.76. The van der Waals surface area contributed by atoms with Crippen LogP contribution in [-0.4, -0.2) is 48.5 Å². The van der Waals surface area contributed by atoms with Crippen LogP contribution < -0.4 is 4.74 Å². The van der Waals surface area contributed by atoms with Gasteiger partial charge in [0.05, 0.1) is 12.2 Å². The molecule has 138 valence electrons. The lowest BCUT2D eigenvalue weighted by Gasteiger charge is -2.41. The van der Waals surface area contributed by atoms with Crippen LogP contribution in [0.1, 0.15) is 43.0 Å². The molecule has 1 amide bonds. The van der Waals surface area contributed by atoms with Gasteiger partial charge in [-0.2, -0.15) is 10.4 Å². The Kier molecular flexibility index (Phi) is 3.45. The number of fused-ring (bicyclic) bond motifs is 1. The molecule has 4 heterocycles. The number of aryl methyl sites for hydroxylation is 1. The summed E-state index contributed by atoms with van der Waals surface area (Å²) in [7, 11) is 1.87. The molecule has 9 heteroatoms. The number of nitriles is 1. The van der Waals surface area contributed by atoms with Crippen LogP contribution in [0.15, 0.2) is 24.8 Å². The summed E-state index contributed by atoms with van der Waals surface area (Å²) < 4.78 is 13.7. The maximum atomic E-state index is 13.1. The smallest absolute Gasteiger partial charge is 0.257 e. The van der Waals surface area contributed by atoms with Crippen LogP contribution in [0.4, 0.5) is 0 Å². The average molecular weight is 366 g/mol. The van der Waals surface area contributed by atoms with Crippen molar-refractivity contribution in [3.8, 4) is 11.9 Å². The first-order chi connectivity index (χ1) is 13.1. The summed E-state index contributed by atoms with van der Waals surface area (Å²) in [5, 5.41) is 13.1. The predicted molar refractivity (Wildman–Crippen MR) is 90.0 cm³/mol. The Morgan fingerprint density at radius 2 is 2.22 bits per heavy atom. The van der Waals surface area contributed by atoms with Gasteiger partial charge in [-0.05, 0) is 12.8 Å².